The van der Waals surface area contributed by atoms with Crippen molar-refractivity contribution in [3.63, 3.8) is 0 Å². The summed E-state index contributed by atoms with van der Waals surface area (Å²) < 4.78 is 13.3. The summed E-state index contributed by atoms with van der Waals surface area (Å²) in [5.41, 5.74) is 0.393. The number of hydrogen-bond donors (Lipinski definition) is 3. The molecule has 2 aromatic carbocycles. The second-order valence-corrected chi connectivity index (χ2v) is 4.64. The third kappa shape index (κ3) is 3.03. The van der Waals surface area contributed by atoms with Gasteiger partial charge in [0, 0.05) is 11.8 Å². The zero-order chi connectivity index (χ0) is 14.0. The van der Waals surface area contributed by atoms with E-state index in [1.807, 2.05) is 0 Å². The minimum absolute atomic E-state index is 0.0123. The summed E-state index contributed by atoms with van der Waals surface area (Å²) in [6, 6.07) is 7.65. The predicted octanol–water partition coefficient (Wildman–Crippen LogP) is 3.25. The molecule has 0 unspecified atom stereocenters. The Morgan fingerprint density at radius 2 is 1.89 bits per heavy atom. The van der Waals surface area contributed by atoms with Crippen LogP contribution >= 0.6 is 15.9 Å². The smallest absolute Gasteiger partial charge is 0.259 e. The van der Waals surface area contributed by atoms with E-state index in [0.717, 1.165) is 6.07 Å². The van der Waals surface area contributed by atoms with Crippen molar-refractivity contribution in [1.82, 2.24) is 0 Å². The first-order valence-corrected chi connectivity index (χ1v) is 6.05. The SMILES string of the molecule is O=C(Nc1ccc(F)c(Br)c1)c1ccc(O)cc1O. The zero-order valence-corrected chi connectivity index (χ0v) is 11.1. The molecule has 0 aliphatic heterocycles. The number of carbonyl (C=O) groups is 1. The molecule has 0 radical (unpaired) electrons. The molecule has 98 valence electrons. The number of hydrogen-bond acceptors (Lipinski definition) is 3. The van der Waals surface area contributed by atoms with E-state index in [4.69, 9.17) is 5.11 Å². The summed E-state index contributed by atoms with van der Waals surface area (Å²) in [6.07, 6.45) is 0. The first kappa shape index (κ1) is 13.4. The lowest BCUT2D eigenvalue weighted by Gasteiger charge is -2.07. The average Bonchev–Trinajstić information content (AvgIpc) is 2.33. The Labute approximate surface area is 116 Å². The van der Waals surface area contributed by atoms with E-state index in [9.17, 15) is 14.3 Å². The molecule has 4 nitrogen and oxygen atoms in total. The van der Waals surface area contributed by atoms with Crippen LogP contribution in [0.3, 0.4) is 0 Å². The van der Waals surface area contributed by atoms with Crippen molar-refractivity contribution in [1.29, 1.82) is 0 Å². The maximum absolute atomic E-state index is 13.0. The summed E-state index contributed by atoms with van der Waals surface area (Å²) in [7, 11) is 0. The molecule has 0 fully saturated rings. The molecular formula is C13H9BrFNO3. The quantitative estimate of drug-likeness (QED) is 0.793. The fourth-order valence-electron chi connectivity index (χ4n) is 1.48. The Kier molecular flexibility index (Phi) is 3.71. The highest BCUT2D eigenvalue weighted by Crippen LogP contribution is 2.25. The molecule has 6 heteroatoms. The summed E-state index contributed by atoms with van der Waals surface area (Å²) in [6.45, 7) is 0. The van der Waals surface area contributed by atoms with Gasteiger partial charge in [-0.1, -0.05) is 0 Å². The Morgan fingerprint density at radius 1 is 1.16 bits per heavy atom. The second-order valence-electron chi connectivity index (χ2n) is 3.78. The van der Waals surface area contributed by atoms with Gasteiger partial charge in [-0.15, -0.1) is 0 Å². The first-order chi connectivity index (χ1) is 8.97. The lowest BCUT2D eigenvalue weighted by Crippen LogP contribution is -2.12. The number of phenols is 2. The molecule has 2 aromatic rings. The molecule has 0 bridgehead atoms. The molecular weight excluding hydrogens is 317 g/mol. The Morgan fingerprint density at radius 3 is 2.53 bits per heavy atom. The summed E-state index contributed by atoms with van der Waals surface area (Å²) in [4.78, 5) is 11.9. The van der Waals surface area contributed by atoms with Gasteiger partial charge < -0.3 is 15.5 Å². The van der Waals surface area contributed by atoms with Crippen molar-refractivity contribution < 1.29 is 19.4 Å². The largest absolute Gasteiger partial charge is 0.508 e. The number of halogens is 2. The van der Waals surface area contributed by atoms with E-state index < -0.39 is 11.7 Å². The van der Waals surface area contributed by atoms with Crippen LogP contribution < -0.4 is 5.32 Å². The Balaban J connectivity index is 2.23. The number of carbonyl (C=O) groups excluding carboxylic acids is 1. The molecule has 0 aromatic heterocycles. The van der Waals surface area contributed by atoms with Gasteiger partial charge in [-0.25, -0.2) is 4.39 Å². The molecule has 0 saturated heterocycles. The lowest BCUT2D eigenvalue weighted by molar-refractivity contribution is 0.102. The van der Waals surface area contributed by atoms with Crippen LogP contribution in [0.4, 0.5) is 10.1 Å². The number of aromatic hydroxyl groups is 2. The lowest BCUT2D eigenvalue weighted by atomic mass is 10.1. The van der Waals surface area contributed by atoms with E-state index >= 15 is 0 Å². The minimum atomic E-state index is -0.559. The average molecular weight is 326 g/mol. The number of rotatable bonds is 2. The van der Waals surface area contributed by atoms with Gasteiger partial charge in [-0.3, -0.25) is 4.79 Å². The van der Waals surface area contributed by atoms with E-state index in [0.29, 0.717) is 5.69 Å². The molecule has 2 rings (SSSR count). The Hall–Kier alpha value is -2.08. The maximum Gasteiger partial charge on any atom is 0.259 e. The van der Waals surface area contributed by atoms with Crippen molar-refractivity contribution in [2.75, 3.05) is 5.32 Å². The third-order valence-electron chi connectivity index (χ3n) is 2.40. The molecule has 0 aliphatic rings. The van der Waals surface area contributed by atoms with Crippen molar-refractivity contribution in [2.24, 2.45) is 0 Å². The van der Waals surface area contributed by atoms with E-state index in [1.54, 1.807) is 0 Å². The van der Waals surface area contributed by atoms with Crippen LogP contribution in [0.25, 0.3) is 0 Å². The molecule has 0 spiro atoms. The number of anilines is 1. The van der Waals surface area contributed by atoms with Crippen LogP contribution in [0.15, 0.2) is 40.9 Å². The van der Waals surface area contributed by atoms with Crippen molar-refractivity contribution in [3.05, 3.63) is 52.3 Å². The summed E-state index contributed by atoms with van der Waals surface area (Å²) in [5.74, 6) is -1.47. The van der Waals surface area contributed by atoms with Crippen molar-refractivity contribution >= 4 is 27.5 Å². The number of nitrogens with one attached hydrogen (secondary N) is 1. The third-order valence-corrected chi connectivity index (χ3v) is 3.01. The van der Waals surface area contributed by atoms with Gasteiger partial charge in [-0.2, -0.15) is 0 Å². The highest BCUT2D eigenvalue weighted by atomic mass is 79.9. The topological polar surface area (TPSA) is 69.6 Å². The van der Waals surface area contributed by atoms with Gasteiger partial charge in [0.05, 0.1) is 10.0 Å². The van der Waals surface area contributed by atoms with Gasteiger partial charge in [0.2, 0.25) is 0 Å². The summed E-state index contributed by atoms with van der Waals surface area (Å²) >= 11 is 3.01. The molecule has 19 heavy (non-hydrogen) atoms. The monoisotopic (exact) mass is 325 g/mol. The van der Waals surface area contributed by atoms with E-state index in [2.05, 4.69) is 21.2 Å². The van der Waals surface area contributed by atoms with Gasteiger partial charge in [0.1, 0.15) is 17.3 Å². The van der Waals surface area contributed by atoms with Crippen LogP contribution in [0.2, 0.25) is 0 Å². The fourth-order valence-corrected chi connectivity index (χ4v) is 1.86. The van der Waals surface area contributed by atoms with Gasteiger partial charge in [0.25, 0.3) is 5.91 Å². The molecule has 0 heterocycles. The molecule has 3 N–H and O–H groups in total. The van der Waals surface area contributed by atoms with Crippen molar-refractivity contribution in [2.45, 2.75) is 0 Å². The van der Waals surface area contributed by atoms with Crippen LogP contribution in [-0.2, 0) is 0 Å². The number of benzene rings is 2. The van der Waals surface area contributed by atoms with E-state index in [-0.39, 0.29) is 21.5 Å². The van der Waals surface area contributed by atoms with Gasteiger partial charge in [-0.05, 0) is 46.3 Å². The first-order valence-electron chi connectivity index (χ1n) is 5.26. The highest BCUT2D eigenvalue weighted by molar-refractivity contribution is 9.10. The fraction of sp³-hybridized carbons (Fsp3) is 0. The molecule has 0 atom stereocenters. The molecule has 0 aliphatic carbocycles. The van der Waals surface area contributed by atoms with Crippen LogP contribution in [0, 0.1) is 5.82 Å². The number of amides is 1. The van der Waals surface area contributed by atoms with Crippen molar-refractivity contribution in [3.8, 4) is 11.5 Å². The normalized spacial score (nSPS) is 10.2. The molecule has 0 saturated carbocycles. The summed E-state index contributed by atoms with van der Waals surface area (Å²) in [5, 5.41) is 21.2. The van der Waals surface area contributed by atoms with Crippen LogP contribution in [0.1, 0.15) is 10.4 Å². The zero-order valence-electron chi connectivity index (χ0n) is 9.52. The predicted molar refractivity (Wildman–Crippen MR) is 71.8 cm³/mol. The van der Waals surface area contributed by atoms with Gasteiger partial charge >= 0.3 is 0 Å². The maximum atomic E-state index is 13.0. The highest BCUT2D eigenvalue weighted by Gasteiger charge is 2.12. The standard InChI is InChI=1S/C13H9BrFNO3/c14-10-5-7(1-4-11(10)15)16-13(19)9-3-2-8(17)6-12(9)18/h1-6,17-18H,(H,16,19). The second kappa shape index (κ2) is 5.27. The van der Waals surface area contributed by atoms with E-state index in [1.165, 1.54) is 30.3 Å². The minimum Gasteiger partial charge on any atom is -0.508 e. The number of phenolic OH excluding ortho intramolecular Hbond substituents is 2. The van der Waals surface area contributed by atoms with Crippen LogP contribution in [-0.4, -0.2) is 16.1 Å². The Bertz CT molecular complexity index is 646. The van der Waals surface area contributed by atoms with Gasteiger partial charge in [0.15, 0.2) is 0 Å². The van der Waals surface area contributed by atoms with Crippen LogP contribution in [0.5, 0.6) is 11.5 Å². The molecule has 1 amide bonds.